The number of hydrogen-bond acceptors (Lipinski definition) is 5. The van der Waals surface area contributed by atoms with Crippen molar-refractivity contribution in [3.8, 4) is 0 Å². The van der Waals surface area contributed by atoms with Gasteiger partial charge in [0, 0.05) is 44.2 Å². The lowest BCUT2D eigenvalue weighted by Gasteiger charge is -2.21. The summed E-state index contributed by atoms with van der Waals surface area (Å²) in [6.07, 6.45) is 10.3. The van der Waals surface area contributed by atoms with E-state index in [0.29, 0.717) is 6.54 Å². The number of nitrogens with zero attached hydrogens (tertiary/aromatic N) is 4. The van der Waals surface area contributed by atoms with Crippen LogP contribution in [0.3, 0.4) is 0 Å². The number of carbonyl (C=O) groups excluding carboxylic acids is 2. The highest BCUT2D eigenvalue weighted by atomic mass is 16.2. The van der Waals surface area contributed by atoms with Crippen molar-refractivity contribution < 1.29 is 9.59 Å². The first kappa shape index (κ1) is 19.9. The van der Waals surface area contributed by atoms with E-state index in [2.05, 4.69) is 14.9 Å². The third-order valence-corrected chi connectivity index (χ3v) is 4.73. The minimum Gasteiger partial charge on any atom is -0.292 e. The standard InChI is InChI=1S/C22H26N4O2/c27-21-11-12-22(28)26(21)16-8-2-1-7-15-25(17-19-9-3-5-13-23-19)18-20-10-4-6-14-24-20/h3-6,9-14H,1-2,7-8,15-18H2. The second-order valence-electron chi connectivity index (χ2n) is 6.93. The number of imide groups is 1. The summed E-state index contributed by atoms with van der Waals surface area (Å²) in [6, 6.07) is 12.0. The topological polar surface area (TPSA) is 66.4 Å². The molecule has 0 atom stereocenters. The van der Waals surface area contributed by atoms with Crippen molar-refractivity contribution >= 4 is 11.8 Å². The number of carbonyl (C=O) groups is 2. The van der Waals surface area contributed by atoms with Crippen molar-refractivity contribution in [2.45, 2.75) is 38.8 Å². The third-order valence-electron chi connectivity index (χ3n) is 4.73. The highest BCUT2D eigenvalue weighted by Crippen LogP contribution is 2.11. The zero-order valence-electron chi connectivity index (χ0n) is 16.0. The fraction of sp³-hybridized carbons (Fsp3) is 0.364. The summed E-state index contributed by atoms with van der Waals surface area (Å²) < 4.78 is 0. The van der Waals surface area contributed by atoms with Crippen LogP contribution in [0.4, 0.5) is 0 Å². The Hall–Kier alpha value is -2.86. The Balaban J connectivity index is 1.42. The van der Waals surface area contributed by atoms with Gasteiger partial charge in [-0.1, -0.05) is 25.0 Å². The molecule has 28 heavy (non-hydrogen) atoms. The fourth-order valence-electron chi connectivity index (χ4n) is 3.27. The molecule has 0 fully saturated rings. The summed E-state index contributed by atoms with van der Waals surface area (Å²) in [7, 11) is 0. The molecule has 6 heteroatoms. The van der Waals surface area contributed by atoms with E-state index in [1.807, 2.05) is 48.8 Å². The molecule has 1 aliphatic heterocycles. The first-order chi connectivity index (χ1) is 13.7. The summed E-state index contributed by atoms with van der Waals surface area (Å²) in [5.41, 5.74) is 2.11. The maximum Gasteiger partial charge on any atom is 0.253 e. The van der Waals surface area contributed by atoms with Crippen LogP contribution in [-0.2, 0) is 22.7 Å². The zero-order chi connectivity index (χ0) is 19.6. The maximum absolute atomic E-state index is 11.5. The van der Waals surface area contributed by atoms with E-state index < -0.39 is 0 Å². The van der Waals surface area contributed by atoms with Gasteiger partial charge in [-0.05, 0) is 43.7 Å². The summed E-state index contributed by atoms with van der Waals surface area (Å²) >= 11 is 0. The monoisotopic (exact) mass is 378 g/mol. The molecule has 0 N–H and O–H groups in total. The number of amides is 2. The molecule has 3 heterocycles. The molecule has 0 spiro atoms. The molecule has 2 aromatic heterocycles. The predicted octanol–water partition coefficient (Wildman–Crippen LogP) is 2.96. The number of hydrogen-bond donors (Lipinski definition) is 0. The molecule has 0 unspecified atom stereocenters. The fourth-order valence-corrected chi connectivity index (χ4v) is 3.27. The lowest BCUT2D eigenvalue weighted by molar-refractivity contribution is -0.136. The molecule has 0 radical (unpaired) electrons. The van der Waals surface area contributed by atoms with Crippen LogP contribution in [0, 0.1) is 0 Å². The van der Waals surface area contributed by atoms with E-state index in [1.54, 1.807) is 0 Å². The van der Waals surface area contributed by atoms with Crippen LogP contribution in [0.5, 0.6) is 0 Å². The first-order valence-corrected chi connectivity index (χ1v) is 9.78. The van der Waals surface area contributed by atoms with E-state index in [0.717, 1.165) is 56.7 Å². The molecule has 0 saturated carbocycles. The summed E-state index contributed by atoms with van der Waals surface area (Å²) in [5, 5.41) is 0. The van der Waals surface area contributed by atoms with Gasteiger partial charge in [0.05, 0.1) is 11.4 Å². The molecule has 0 bridgehead atoms. The van der Waals surface area contributed by atoms with Gasteiger partial charge in [-0.15, -0.1) is 0 Å². The predicted molar refractivity (Wildman–Crippen MR) is 107 cm³/mol. The molecule has 0 saturated heterocycles. The summed E-state index contributed by atoms with van der Waals surface area (Å²) in [5.74, 6) is -0.385. The molecule has 1 aliphatic rings. The maximum atomic E-state index is 11.5. The summed E-state index contributed by atoms with van der Waals surface area (Å²) in [6.45, 7) is 3.05. The van der Waals surface area contributed by atoms with Gasteiger partial charge >= 0.3 is 0 Å². The second kappa shape index (κ2) is 10.5. The van der Waals surface area contributed by atoms with Crippen molar-refractivity contribution in [2.75, 3.05) is 13.1 Å². The lowest BCUT2D eigenvalue weighted by Crippen LogP contribution is -2.30. The van der Waals surface area contributed by atoms with Gasteiger partial charge in [-0.2, -0.15) is 0 Å². The SMILES string of the molecule is O=C1C=CC(=O)N1CCCCCCN(Cc1ccccn1)Cc1ccccn1. The molecular formula is C22H26N4O2. The Morgan fingerprint density at radius 1 is 0.750 bits per heavy atom. The number of aromatic nitrogens is 2. The first-order valence-electron chi connectivity index (χ1n) is 9.78. The average Bonchev–Trinajstić information content (AvgIpc) is 3.04. The second-order valence-corrected chi connectivity index (χ2v) is 6.93. The molecule has 0 aromatic carbocycles. The van der Waals surface area contributed by atoms with Gasteiger partial charge in [0.15, 0.2) is 0 Å². The van der Waals surface area contributed by atoms with Gasteiger partial charge in [0.1, 0.15) is 0 Å². The smallest absolute Gasteiger partial charge is 0.253 e. The number of rotatable bonds is 11. The van der Waals surface area contributed by atoms with Crippen LogP contribution in [0.1, 0.15) is 37.1 Å². The van der Waals surface area contributed by atoms with E-state index in [9.17, 15) is 9.59 Å². The van der Waals surface area contributed by atoms with Gasteiger partial charge in [-0.3, -0.25) is 29.4 Å². The number of unbranched alkanes of at least 4 members (excludes halogenated alkanes) is 3. The highest BCUT2D eigenvalue weighted by molar-refractivity contribution is 6.12. The minimum absolute atomic E-state index is 0.193. The Labute approximate surface area is 165 Å². The van der Waals surface area contributed by atoms with Gasteiger partial charge in [0.2, 0.25) is 0 Å². The van der Waals surface area contributed by atoms with E-state index >= 15 is 0 Å². The molecule has 0 aliphatic carbocycles. The Morgan fingerprint density at radius 3 is 1.86 bits per heavy atom. The molecule has 146 valence electrons. The molecule has 3 rings (SSSR count). The molecule has 2 aromatic rings. The quantitative estimate of drug-likeness (QED) is 0.444. The van der Waals surface area contributed by atoms with E-state index in [4.69, 9.17) is 0 Å². The van der Waals surface area contributed by atoms with Crippen LogP contribution in [0.15, 0.2) is 60.9 Å². The molecular weight excluding hydrogens is 352 g/mol. The van der Waals surface area contributed by atoms with Crippen molar-refractivity contribution in [1.82, 2.24) is 19.8 Å². The number of pyridine rings is 2. The van der Waals surface area contributed by atoms with Gasteiger partial charge < -0.3 is 0 Å². The third kappa shape index (κ3) is 6.09. The minimum atomic E-state index is -0.193. The van der Waals surface area contributed by atoms with Crippen molar-refractivity contribution in [1.29, 1.82) is 0 Å². The van der Waals surface area contributed by atoms with Crippen molar-refractivity contribution in [2.24, 2.45) is 0 Å². The zero-order valence-corrected chi connectivity index (χ0v) is 16.0. The summed E-state index contributed by atoms with van der Waals surface area (Å²) in [4.78, 5) is 35.6. The molecule has 6 nitrogen and oxygen atoms in total. The van der Waals surface area contributed by atoms with Crippen LogP contribution in [0.2, 0.25) is 0 Å². The van der Waals surface area contributed by atoms with Crippen molar-refractivity contribution in [3.63, 3.8) is 0 Å². The van der Waals surface area contributed by atoms with Crippen LogP contribution in [0.25, 0.3) is 0 Å². The van der Waals surface area contributed by atoms with E-state index in [1.165, 1.54) is 17.1 Å². The molecule has 2 amide bonds. The Morgan fingerprint density at radius 2 is 1.32 bits per heavy atom. The van der Waals surface area contributed by atoms with E-state index in [-0.39, 0.29) is 11.8 Å². The van der Waals surface area contributed by atoms with Crippen LogP contribution >= 0.6 is 0 Å². The lowest BCUT2D eigenvalue weighted by atomic mass is 10.1. The largest absolute Gasteiger partial charge is 0.292 e. The van der Waals surface area contributed by atoms with Crippen LogP contribution in [-0.4, -0.2) is 44.7 Å². The average molecular weight is 378 g/mol. The highest BCUT2D eigenvalue weighted by Gasteiger charge is 2.22. The van der Waals surface area contributed by atoms with Crippen molar-refractivity contribution in [3.05, 3.63) is 72.3 Å². The Kier molecular flexibility index (Phi) is 7.44. The normalized spacial score (nSPS) is 13.7. The van der Waals surface area contributed by atoms with Gasteiger partial charge in [-0.25, -0.2) is 0 Å². The Bertz CT molecular complexity index is 733. The van der Waals surface area contributed by atoms with Crippen LogP contribution < -0.4 is 0 Å². The van der Waals surface area contributed by atoms with Gasteiger partial charge in [0.25, 0.3) is 11.8 Å².